The van der Waals surface area contributed by atoms with Gasteiger partial charge in [0.2, 0.25) is 11.8 Å². The van der Waals surface area contributed by atoms with Crippen molar-refractivity contribution >= 4 is 17.7 Å². The Kier molecular flexibility index (Phi) is 4.38. The van der Waals surface area contributed by atoms with Crippen LogP contribution in [-0.4, -0.2) is 59.3 Å². The van der Waals surface area contributed by atoms with Crippen LogP contribution in [0.4, 0.5) is 0 Å². The molecule has 29 heavy (non-hydrogen) atoms. The molecule has 1 aromatic carbocycles. The van der Waals surface area contributed by atoms with Gasteiger partial charge in [-0.3, -0.25) is 24.6 Å². The minimum atomic E-state index is -0.580. The summed E-state index contributed by atoms with van der Waals surface area (Å²) in [5.41, 5.74) is 1.85. The summed E-state index contributed by atoms with van der Waals surface area (Å²) in [6.45, 7) is 5.71. The van der Waals surface area contributed by atoms with E-state index in [2.05, 4.69) is 17.1 Å². The normalized spacial score (nSPS) is 28.4. The first kappa shape index (κ1) is 18.6. The number of likely N-dealkylation sites (tertiary alicyclic amines) is 1. The molecule has 3 heterocycles. The monoisotopic (exact) mass is 397 g/mol. The minimum Gasteiger partial charge on any atom is -0.489 e. The highest BCUT2D eigenvalue weighted by molar-refractivity contribution is 6.05. The fourth-order valence-corrected chi connectivity index (χ4v) is 5.03. The Morgan fingerprint density at radius 2 is 2.03 bits per heavy atom. The fourth-order valence-electron chi connectivity index (χ4n) is 5.03. The third kappa shape index (κ3) is 3.21. The second-order valence-electron chi connectivity index (χ2n) is 8.83. The molecule has 4 aliphatic rings. The van der Waals surface area contributed by atoms with Gasteiger partial charge in [-0.25, -0.2) is 0 Å². The molecule has 3 amide bonds. The topological polar surface area (TPSA) is 79.0 Å². The van der Waals surface area contributed by atoms with Crippen LogP contribution in [-0.2, 0) is 16.1 Å². The van der Waals surface area contributed by atoms with E-state index in [1.54, 1.807) is 4.90 Å². The summed E-state index contributed by atoms with van der Waals surface area (Å²) in [7, 11) is 0. The van der Waals surface area contributed by atoms with E-state index < -0.39 is 6.04 Å². The fraction of sp³-hybridized carbons (Fsp3) is 0.591. The van der Waals surface area contributed by atoms with Gasteiger partial charge in [-0.1, -0.05) is 6.92 Å². The number of hydrogen-bond donors (Lipinski definition) is 1. The number of likely N-dealkylation sites (N-methyl/N-ethyl adjacent to an activating group) is 1. The smallest absolute Gasteiger partial charge is 0.255 e. The second kappa shape index (κ2) is 6.83. The van der Waals surface area contributed by atoms with E-state index in [0.29, 0.717) is 23.9 Å². The number of hydrogen-bond acceptors (Lipinski definition) is 5. The molecule has 0 aromatic heterocycles. The van der Waals surface area contributed by atoms with Gasteiger partial charge in [0, 0.05) is 30.5 Å². The standard InChI is InChI=1S/C22H27N3O4/c1-2-24-10-9-22(7-8-22)18(13-24)29-15-3-4-16-14(11-15)12-25(21(16)28)17-5-6-19(26)23-20(17)27/h3-4,11,17-18H,2,5-10,12-13H2,1H3,(H,23,26,27)/t17-,18-/m0/s1. The quantitative estimate of drug-likeness (QED) is 0.783. The number of piperidine rings is 2. The van der Waals surface area contributed by atoms with Crippen molar-refractivity contribution in [3.05, 3.63) is 29.3 Å². The summed E-state index contributed by atoms with van der Waals surface area (Å²) in [5.74, 6) is 0.00978. The van der Waals surface area contributed by atoms with Crippen molar-refractivity contribution in [2.45, 2.75) is 57.7 Å². The van der Waals surface area contributed by atoms with Gasteiger partial charge >= 0.3 is 0 Å². The van der Waals surface area contributed by atoms with Crippen LogP contribution in [0.25, 0.3) is 0 Å². The molecule has 2 atom stereocenters. The van der Waals surface area contributed by atoms with Gasteiger partial charge in [-0.2, -0.15) is 0 Å². The molecule has 1 saturated carbocycles. The van der Waals surface area contributed by atoms with Gasteiger partial charge in [0.15, 0.2) is 0 Å². The van der Waals surface area contributed by atoms with Crippen molar-refractivity contribution in [3.63, 3.8) is 0 Å². The first-order chi connectivity index (χ1) is 14.0. The van der Waals surface area contributed by atoms with Crippen LogP contribution in [0.3, 0.4) is 0 Å². The molecule has 0 radical (unpaired) electrons. The number of amides is 3. The first-order valence-corrected chi connectivity index (χ1v) is 10.7. The maximum absolute atomic E-state index is 12.8. The number of carbonyl (C=O) groups is 3. The minimum absolute atomic E-state index is 0.144. The number of nitrogens with one attached hydrogen (secondary N) is 1. The Hall–Kier alpha value is -2.41. The van der Waals surface area contributed by atoms with Crippen molar-refractivity contribution in [1.82, 2.24) is 15.1 Å². The first-order valence-electron chi connectivity index (χ1n) is 10.7. The molecule has 5 rings (SSSR count). The molecule has 1 N–H and O–H groups in total. The van der Waals surface area contributed by atoms with Gasteiger partial charge < -0.3 is 9.64 Å². The van der Waals surface area contributed by atoms with Gasteiger partial charge in [-0.15, -0.1) is 0 Å². The number of nitrogens with zero attached hydrogens (tertiary/aromatic N) is 2. The Morgan fingerprint density at radius 3 is 2.76 bits per heavy atom. The second-order valence-corrected chi connectivity index (χ2v) is 8.83. The number of ether oxygens (including phenoxy) is 1. The summed E-state index contributed by atoms with van der Waals surface area (Å²) in [4.78, 5) is 40.5. The number of carbonyl (C=O) groups excluding carboxylic acids is 3. The van der Waals surface area contributed by atoms with Crippen molar-refractivity contribution in [1.29, 1.82) is 0 Å². The average molecular weight is 397 g/mol. The van der Waals surface area contributed by atoms with E-state index in [1.807, 2.05) is 18.2 Å². The Balaban J connectivity index is 1.32. The zero-order chi connectivity index (χ0) is 20.2. The van der Waals surface area contributed by atoms with E-state index in [4.69, 9.17) is 4.74 Å². The summed E-state index contributed by atoms with van der Waals surface area (Å²) in [6.07, 6.45) is 4.51. The van der Waals surface area contributed by atoms with Crippen LogP contribution in [0, 0.1) is 5.41 Å². The van der Waals surface area contributed by atoms with Crippen molar-refractivity contribution in [2.75, 3.05) is 19.6 Å². The molecule has 7 heteroatoms. The summed E-state index contributed by atoms with van der Waals surface area (Å²) < 4.78 is 6.45. The number of benzene rings is 1. The molecule has 0 unspecified atom stereocenters. The third-order valence-electron chi connectivity index (χ3n) is 7.15. The van der Waals surface area contributed by atoms with E-state index >= 15 is 0 Å². The lowest BCUT2D eigenvalue weighted by atomic mass is 9.90. The maximum Gasteiger partial charge on any atom is 0.255 e. The van der Waals surface area contributed by atoms with Gasteiger partial charge in [0.05, 0.1) is 0 Å². The predicted molar refractivity (Wildman–Crippen MR) is 105 cm³/mol. The molecule has 2 saturated heterocycles. The predicted octanol–water partition coefficient (Wildman–Crippen LogP) is 1.70. The number of fused-ring (bicyclic) bond motifs is 1. The summed E-state index contributed by atoms with van der Waals surface area (Å²) in [5, 5.41) is 2.34. The molecule has 3 aliphatic heterocycles. The van der Waals surface area contributed by atoms with Crippen LogP contribution in [0.1, 0.15) is 54.9 Å². The van der Waals surface area contributed by atoms with Gasteiger partial charge in [0.25, 0.3) is 5.91 Å². The SMILES string of the molecule is CCN1CCC2(CC2)[C@@H](Oc2ccc3c(c2)CN([C@H]2CCC(=O)NC2=O)C3=O)C1. The highest BCUT2D eigenvalue weighted by Crippen LogP contribution is 2.54. The van der Waals surface area contributed by atoms with Crippen molar-refractivity contribution in [3.8, 4) is 5.75 Å². The van der Waals surface area contributed by atoms with E-state index in [1.165, 1.54) is 19.3 Å². The van der Waals surface area contributed by atoms with E-state index in [0.717, 1.165) is 30.9 Å². The average Bonchev–Trinajstić information content (AvgIpc) is 3.41. The lowest BCUT2D eigenvalue weighted by Gasteiger charge is -2.38. The zero-order valence-electron chi connectivity index (χ0n) is 16.8. The van der Waals surface area contributed by atoms with Crippen LogP contribution in [0.15, 0.2) is 18.2 Å². The number of imide groups is 1. The van der Waals surface area contributed by atoms with Crippen LogP contribution in [0.5, 0.6) is 5.75 Å². The molecule has 1 aliphatic carbocycles. The Labute approximate surface area is 170 Å². The van der Waals surface area contributed by atoms with Crippen LogP contribution < -0.4 is 10.1 Å². The van der Waals surface area contributed by atoms with Crippen molar-refractivity contribution < 1.29 is 19.1 Å². The lowest BCUT2D eigenvalue weighted by Crippen LogP contribution is -2.52. The highest BCUT2D eigenvalue weighted by atomic mass is 16.5. The van der Waals surface area contributed by atoms with Crippen LogP contribution >= 0.6 is 0 Å². The Bertz CT molecular complexity index is 879. The highest BCUT2D eigenvalue weighted by Gasteiger charge is 2.53. The van der Waals surface area contributed by atoms with E-state index in [9.17, 15) is 14.4 Å². The van der Waals surface area contributed by atoms with Gasteiger partial charge in [-0.05, 0) is 62.5 Å². The maximum atomic E-state index is 12.8. The van der Waals surface area contributed by atoms with Crippen LogP contribution in [0.2, 0.25) is 0 Å². The molecule has 1 spiro atoms. The summed E-state index contributed by atoms with van der Waals surface area (Å²) >= 11 is 0. The Morgan fingerprint density at radius 1 is 1.21 bits per heavy atom. The summed E-state index contributed by atoms with van der Waals surface area (Å²) in [6, 6.07) is 5.08. The molecular weight excluding hydrogens is 370 g/mol. The molecular formula is C22H27N3O4. The zero-order valence-corrected chi connectivity index (χ0v) is 16.8. The largest absolute Gasteiger partial charge is 0.489 e. The molecule has 0 bridgehead atoms. The molecule has 154 valence electrons. The van der Waals surface area contributed by atoms with E-state index in [-0.39, 0.29) is 30.2 Å². The van der Waals surface area contributed by atoms with Crippen molar-refractivity contribution in [2.24, 2.45) is 5.41 Å². The molecule has 7 nitrogen and oxygen atoms in total. The molecule has 1 aromatic rings. The molecule has 3 fully saturated rings. The number of rotatable bonds is 4. The lowest BCUT2D eigenvalue weighted by molar-refractivity contribution is -0.136. The van der Waals surface area contributed by atoms with Gasteiger partial charge in [0.1, 0.15) is 17.9 Å². The third-order valence-corrected chi connectivity index (χ3v) is 7.15.